The average Bonchev–Trinajstić information content (AvgIpc) is 2.67. The zero-order valence-electron chi connectivity index (χ0n) is 16.8. The van der Waals surface area contributed by atoms with Crippen LogP contribution in [0.5, 0.6) is 0 Å². The van der Waals surface area contributed by atoms with Gasteiger partial charge in [0.1, 0.15) is 5.69 Å². The zero-order chi connectivity index (χ0) is 22.5. The molecule has 1 heterocycles. The Balaban J connectivity index is 2.26. The first-order chi connectivity index (χ1) is 14.0. The van der Waals surface area contributed by atoms with Gasteiger partial charge in [0.15, 0.2) is 15.3 Å². The van der Waals surface area contributed by atoms with Crippen LogP contribution in [0.2, 0.25) is 5.02 Å². The van der Waals surface area contributed by atoms with Gasteiger partial charge < -0.3 is 10.6 Å². The van der Waals surface area contributed by atoms with E-state index < -0.39 is 21.8 Å². The number of hydrogen-bond acceptors (Lipinski definition) is 6. The van der Waals surface area contributed by atoms with Crippen molar-refractivity contribution in [1.29, 1.82) is 10.8 Å². The van der Waals surface area contributed by atoms with Crippen molar-refractivity contribution in [3.05, 3.63) is 69.6 Å². The fraction of sp³-hybridized carbons (Fsp3) is 0.250. The van der Waals surface area contributed by atoms with Crippen molar-refractivity contribution >= 4 is 39.4 Å². The van der Waals surface area contributed by atoms with Crippen LogP contribution in [0.1, 0.15) is 35.9 Å². The summed E-state index contributed by atoms with van der Waals surface area (Å²) in [5, 5.41) is 23.4. The van der Waals surface area contributed by atoms with Gasteiger partial charge in [0.25, 0.3) is 5.91 Å². The van der Waals surface area contributed by atoms with Crippen LogP contribution in [-0.2, 0) is 9.84 Å². The summed E-state index contributed by atoms with van der Waals surface area (Å²) in [5.41, 5.74) is 1.28. The van der Waals surface area contributed by atoms with E-state index >= 15 is 0 Å². The van der Waals surface area contributed by atoms with Gasteiger partial charge in [0.2, 0.25) is 0 Å². The average molecular weight is 450 g/mol. The number of aromatic nitrogens is 1. The molecule has 0 radical (unpaired) electrons. The maximum absolute atomic E-state index is 12.6. The van der Waals surface area contributed by atoms with E-state index in [-0.39, 0.29) is 17.2 Å². The highest BCUT2D eigenvalue weighted by molar-refractivity contribution is 7.93. The number of anilines is 1. The molecule has 0 aliphatic rings. The lowest BCUT2D eigenvalue weighted by Gasteiger charge is -2.19. The third-order valence-electron chi connectivity index (χ3n) is 4.24. The smallest absolute Gasteiger partial charge is 0.268 e. The van der Waals surface area contributed by atoms with E-state index in [0.717, 1.165) is 28.1 Å². The number of rotatable bonds is 8. The van der Waals surface area contributed by atoms with Crippen LogP contribution in [-0.4, -0.2) is 37.5 Å². The summed E-state index contributed by atoms with van der Waals surface area (Å²) in [4.78, 5) is 12.6. The van der Waals surface area contributed by atoms with Crippen molar-refractivity contribution in [3.8, 4) is 0 Å². The molecule has 1 aromatic carbocycles. The third kappa shape index (κ3) is 6.04. The molecule has 0 aliphatic carbocycles. The molecule has 1 amide bonds. The fourth-order valence-corrected chi connectivity index (χ4v) is 3.55. The minimum Gasteiger partial charge on any atom is -0.375 e. The fourth-order valence-electron chi connectivity index (χ4n) is 2.73. The summed E-state index contributed by atoms with van der Waals surface area (Å²) in [6.45, 7) is 3.52. The molecule has 0 fully saturated rings. The molecule has 0 spiro atoms. The van der Waals surface area contributed by atoms with Gasteiger partial charge in [-0.2, -0.15) is 0 Å². The quantitative estimate of drug-likeness (QED) is 0.365. The normalized spacial score (nSPS) is 13.6. The number of carbonyl (C=O) groups excluding carboxylic acids is 1. The Bertz CT molecular complexity index is 1140. The Morgan fingerprint density at radius 1 is 1.20 bits per heavy atom. The van der Waals surface area contributed by atoms with Crippen molar-refractivity contribution < 1.29 is 13.2 Å². The van der Waals surface area contributed by atoms with Crippen molar-refractivity contribution in [3.63, 3.8) is 0 Å². The van der Waals surface area contributed by atoms with Crippen molar-refractivity contribution in [2.75, 3.05) is 11.6 Å². The molecule has 30 heavy (non-hydrogen) atoms. The highest BCUT2D eigenvalue weighted by atomic mass is 35.5. The van der Waals surface area contributed by atoms with Crippen LogP contribution >= 0.6 is 11.6 Å². The van der Waals surface area contributed by atoms with Gasteiger partial charge in [0.05, 0.1) is 18.1 Å². The Kier molecular flexibility index (Phi) is 7.58. The van der Waals surface area contributed by atoms with Gasteiger partial charge in [-0.25, -0.2) is 8.42 Å². The van der Waals surface area contributed by atoms with E-state index in [1.54, 1.807) is 19.1 Å². The predicted octanol–water partition coefficient (Wildman–Crippen LogP) is 2.93. The molecule has 2 atom stereocenters. The van der Waals surface area contributed by atoms with E-state index in [9.17, 15) is 13.2 Å². The Labute approximate surface area is 180 Å². The second-order valence-electron chi connectivity index (χ2n) is 6.79. The number of nitrogens with one attached hydrogen (secondary N) is 4. The van der Waals surface area contributed by atoms with Crippen molar-refractivity contribution in [1.82, 2.24) is 9.88 Å². The van der Waals surface area contributed by atoms with Gasteiger partial charge >= 0.3 is 0 Å². The highest BCUT2D eigenvalue weighted by Crippen LogP contribution is 2.24. The SMILES string of the molecule is C[C@H](/C=C/S(C)(=O)=O)NC(=O)c1ccc(N[C@@H](C)c2ccccc2Cl)c(=N)n1C=N. The highest BCUT2D eigenvalue weighted by Gasteiger charge is 2.16. The van der Waals surface area contributed by atoms with Crippen LogP contribution in [0.4, 0.5) is 5.69 Å². The van der Waals surface area contributed by atoms with Gasteiger partial charge in [-0.05, 0) is 37.6 Å². The van der Waals surface area contributed by atoms with E-state index in [2.05, 4.69) is 10.6 Å². The molecule has 0 saturated carbocycles. The molecule has 0 aliphatic heterocycles. The van der Waals surface area contributed by atoms with Crippen LogP contribution < -0.4 is 16.1 Å². The lowest BCUT2D eigenvalue weighted by Crippen LogP contribution is -2.36. The molecule has 1 aromatic heterocycles. The number of halogens is 1. The second kappa shape index (κ2) is 9.73. The predicted molar refractivity (Wildman–Crippen MR) is 119 cm³/mol. The summed E-state index contributed by atoms with van der Waals surface area (Å²) in [6, 6.07) is 9.67. The monoisotopic (exact) mass is 449 g/mol. The zero-order valence-corrected chi connectivity index (χ0v) is 18.4. The number of benzene rings is 1. The number of sulfone groups is 1. The number of hydrogen-bond donors (Lipinski definition) is 4. The first kappa shape index (κ1) is 23.4. The maximum Gasteiger partial charge on any atom is 0.268 e. The van der Waals surface area contributed by atoms with Crippen molar-refractivity contribution in [2.45, 2.75) is 25.9 Å². The van der Waals surface area contributed by atoms with E-state index in [0.29, 0.717) is 10.7 Å². The van der Waals surface area contributed by atoms with Crippen LogP contribution in [0.25, 0.3) is 0 Å². The minimum absolute atomic E-state index is 0.0733. The molecule has 0 bridgehead atoms. The molecule has 0 unspecified atom stereocenters. The van der Waals surface area contributed by atoms with Gasteiger partial charge in [-0.15, -0.1) is 0 Å². The Morgan fingerprint density at radius 3 is 2.47 bits per heavy atom. The van der Waals surface area contributed by atoms with Crippen LogP contribution in [0.15, 0.2) is 47.9 Å². The molecule has 2 rings (SSSR count). The van der Waals surface area contributed by atoms with E-state index in [1.807, 2.05) is 25.1 Å². The molecule has 4 N–H and O–H groups in total. The van der Waals surface area contributed by atoms with Gasteiger partial charge in [-0.3, -0.25) is 20.2 Å². The number of nitrogens with zero attached hydrogens (tertiary/aromatic N) is 1. The van der Waals surface area contributed by atoms with Gasteiger partial charge in [0, 0.05) is 22.7 Å². The maximum atomic E-state index is 12.6. The largest absolute Gasteiger partial charge is 0.375 e. The minimum atomic E-state index is -3.30. The molecular weight excluding hydrogens is 426 g/mol. The van der Waals surface area contributed by atoms with Gasteiger partial charge in [-0.1, -0.05) is 35.9 Å². The topological polar surface area (TPSA) is 128 Å². The first-order valence-corrected chi connectivity index (χ1v) is 11.4. The molecular formula is C20H24ClN5O3S. The second-order valence-corrected chi connectivity index (χ2v) is 9.13. The summed E-state index contributed by atoms with van der Waals surface area (Å²) < 4.78 is 23.6. The van der Waals surface area contributed by atoms with E-state index in [1.165, 1.54) is 12.1 Å². The number of pyridine rings is 1. The molecule has 8 nitrogen and oxygen atoms in total. The Morgan fingerprint density at radius 2 is 1.87 bits per heavy atom. The van der Waals surface area contributed by atoms with E-state index in [4.69, 9.17) is 22.4 Å². The van der Waals surface area contributed by atoms with Crippen LogP contribution in [0, 0.1) is 10.8 Å². The standard InChI is InChI=1S/C20H24ClN5O3S/c1-13(10-11-30(3,28)29)24-20(27)18-9-8-17(19(23)26(18)12-22)25-14(2)15-6-4-5-7-16(15)21/h4-14,22-23,25H,1-3H3,(H,24,27)/b11-10+,22-12?,23-19?/t13-,14+/m1/s1. The lowest BCUT2D eigenvalue weighted by molar-refractivity contribution is 0.0939. The Hall–Kier alpha value is -2.91. The summed E-state index contributed by atoms with van der Waals surface area (Å²) in [7, 11) is -3.30. The summed E-state index contributed by atoms with van der Waals surface area (Å²) in [5.74, 6) is -0.539. The molecule has 10 heteroatoms. The first-order valence-electron chi connectivity index (χ1n) is 9.04. The summed E-state index contributed by atoms with van der Waals surface area (Å²) >= 11 is 6.23. The molecule has 160 valence electrons. The lowest BCUT2D eigenvalue weighted by atomic mass is 10.1. The third-order valence-corrected chi connectivity index (χ3v) is 5.24. The van der Waals surface area contributed by atoms with Crippen molar-refractivity contribution in [2.24, 2.45) is 0 Å². The number of amides is 1. The summed E-state index contributed by atoms with van der Waals surface area (Å²) in [6.07, 6.45) is 3.28. The number of carbonyl (C=O) groups is 1. The molecule has 2 aromatic rings. The van der Waals surface area contributed by atoms with Crippen LogP contribution in [0.3, 0.4) is 0 Å². The molecule has 0 saturated heterocycles.